The number of methoxy groups -OCH3 is 1. The van der Waals surface area contributed by atoms with Crippen LogP contribution in [0, 0.1) is 0 Å². The molecular formula is C19H16ClF3N2O5. The van der Waals surface area contributed by atoms with Crippen molar-refractivity contribution >= 4 is 40.9 Å². The Morgan fingerprint density at radius 2 is 1.70 bits per heavy atom. The summed E-state index contributed by atoms with van der Waals surface area (Å²) in [5.74, 6) is -1.65. The Morgan fingerprint density at radius 1 is 1.10 bits per heavy atom. The number of carbonyl (C=O) groups is 3. The van der Waals surface area contributed by atoms with E-state index in [1.54, 1.807) is 0 Å². The van der Waals surface area contributed by atoms with Gasteiger partial charge < -0.3 is 14.4 Å². The molecule has 0 spiro atoms. The molecule has 11 heteroatoms. The number of hydrogen-bond acceptors (Lipinski definition) is 5. The van der Waals surface area contributed by atoms with E-state index in [0.29, 0.717) is 11.1 Å². The number of nitrogens with one attached hydrogen (secondary N) is 1. The molecule has 0 radical (unpaired) electrons. The van der Waals surface area contributed by atoms with E-state index in [0.717, 1.165) is 32.0 Å². The molecule has 2 aromatic rings. The fourth-order valence-electron chi connectivity index (χ4n) is 2.39. The minimum atomic E-state index is -4.88. The summed E-state index contributed by atoms with van der Waals surface area (Å²) in [4.78, 5) is 36.6. The summed E-state index contributed by atoms with van der Waals surface area (Å²) < 4.78 is 50.3. The fourth-order valence-corrected chi connectivity index (χ4v) is 2.52. The topological polar surface area (TPSA) is 84.9 Å². The van der Waals surface area contributed by atoms with E-state index in [-0.39, 0.29) is 5.75 Å². The third-order valence-corrected chi connectivity index (χ3v) is 4.19. The van der Waals surface area contributed by atoms with Gasteiger partial charge in [-0.3, -0.25) is 10.1 Å². The number of ether oxygens (including phenoxy) is 2. The maximum absolute atomic E-state index is 13.6. The van der Waals surface area contributed by atoms with Gasteiger partial charge >= 0.3 is 18.2 Å². The van der Waals surface area contributed by atoms with Crippen LogP contribution in [0.1, 0.15) is 22.8 Å². The molecular weight excluding hydrogens is 429 g/mol. The van der Waals surface area contributed by atoms with Crippen molar-refractivity contribution in [2.75, 3.05) is 24.4 Å². The molecule has 0 aromatic heterocycles. The van der Waals surface area contributed by atoms with E-state index in [1.807, 2.05) is 0 Å². The Labute approximate surface area is 174 Å². The normalized spacial score (nSPS) is 10.9. The average Bonchev–Trinajstić information content (AvgIpc) is 2.67. The van der Waals surface area contributed by atoms with Crippen LogP contribution in [0.15, 0.2) is 36.4 Å². The van der Waals surface area contributed by atoms with Gasteiger partial charge in [0, 0.05) is 19.0 Å². The van der Waals surface area contributed by atoms with Crippen LogP contribution in [0.2, 0.25) is 5.02 Å². The summed E-state index contributed by atoms with van der Waals surface area (Å²) in [6, 6.07) is 6.97. The standard InChI is InChI=1S/C19H16ClF3N2O5/c1-10(26)25(2)16-8-13(17(27)29-3)15(9-14(16)19(21,22)23)24-18(28)30-12-6-4-11(20)5-7-12/h4-9H,1-3H3,(H,24,28). The van der Waals surface area contributed by atoms with E-state index < -0.39 is 46.6 Å². The molecule has 0 aliphatic rings. The summed E-state index contributed by atoms with van der Waals surface area (Å²) in [6.45, 7) is 1.06. The molecule has 0 bridgehead atoms. The summed E-state index contributed by atoms with van der Waals surface area (Å²) in [7, 11) is 2.14. The molecule has 2 amide bonds. The van der Waals surface area contributed by atoms with Crippen molar-refractivity contribution in [2.45, 2.75) is 13.1 Å². The van der Waals surface area contributed by atoms with E-state index in [2.05, 4.69) is 10.1 Å². The van der Waals surface area contributed by atoms with Crippen LogP contribution in [0.3, 0.4) is 0 Å². The largest absolute Gasteiger partial charge is 0.465 e. The Kier molecular flexibility index (Phi) is 6.93. The molecule has 0 saturated heterocycles. The van der Waals surface area contributed by atoms with Gasteiger partial charge in [0.25, 0.3) is 0 Å². The summed E-state index contributed by atoms with van der Waals surface area (Å²) in [5.41, 5.74) is -2.72. The second-order valence-corrected chi connectivity index (χ2v) is 6.39. The van der Waals surface area contributed by atoms with Gasteiger partial charge in [0.2, 0.25) is 5.91 Å². The minimum absolute atomic E-state index is 0.0699. The van der Waals surface area contributed by atoms with Gasteiger partial charge in [-0.2, -0.15) is 13.2 Å². The first kappa shape index (κ1) is 23.0. The van der Waals surface area contributed by atoms with Gasteiger partial charge in [0.05, 0.1) is 29.6 Å². The summed E-state index contributed by atoms with van der Waals surface area (Å²) in [5, 5.41) is 2.48. The molecule has 0 fully saturated rings. The Balaban J connectivity index is 2.50. The van der Waals surface area contributed by atoms with Crippen molar-refractivity contribution in [3.05, 3.63) is 52.5 Å². The first-order chi connectivity index (χ1) is 13.9. The maximum atomic E-state index is 13.6. The van der Waals surface area contributed by atoms with Crippen molar-refractivity contribution in [3.63, 3.8) is 0 Å². The summed E-state index contributed by atoms with van der Waals surface area (Å²) in [6.07, 6.45) is -6.03. The molecule has 0 saturated carbocycles. The number of amides is 2. The Hall–Kier alpha value is -3.27. The number of nitrogens with zero attached hydrogens (tertiary/aromatic N) is 1. The first-order valence-corrected chi connectivity index (χ1v) is 8.64. The highest BCUT2D eigenvalue weighted by Gasteiger charge is 2.37. The van der Waals surface area contributed by atoms with Crippen LogP contribution < -0.4 is 15.0 Å². The van der Waals surface area contributed by atoms with E-state index in [9.17, 15) is 27.6 Å². The predicted molar refractivity (Wildman–Crippen MR) is 103 cm³/mol. The Bertz CT molecular complexity index is 977. The van der Waals surface area contributed by atoms with Gasteiger partial charge in [0.1, 0.15) is 5.75 Å². The lowest BCUT2D eigenvalue weighted by atomic mass is 10.0. The van der Waals surface area contributed by atoms with E-state index >= 15 is 0 Å². The highest BCUT2D eigenvalue weighted by Crippen LogP contribution is 2.40. The number of esters is 1. The number of alkyl halides is 3. The zero-order valence-electron chi connectivity index (χ0n) is 16.0. The van der Waals surface area contributed by atoms with Gasteiger partial charge in [-0.1, -0.05) is 11.6 Å². The molecule has 7 nitrogen and oxygen atoms in total. The number of carbonyl (C=O) groups excluding carboxylic acids is 3. The van der Waals surface area contributed by atoms with Gasteiger partial charge in [-0.25, -0.2) is 9.59 Å². The molecule has 2 aromatic carbocycles. The molecule has 160 valence electrons. The quantitative estimate of drug-likeness (QED) is 0.688. The molecule has 30 heavy (non-hydrogen) atoms. The van der Waals surface area contributed by atoms with Gasteiger partial charge in [-0.05, 0) is 36.4 Å². The van der Waals surface area contributed by atoms with E-state index in [4.69, 9.17) is 16.3 Å². The lowest BCUT2D eigenvalue weighted by Gasteiger charge is -2.23. The molecule has 0 unspecified atom stereocenters. The highest BCUT2D eigenvalue weighted by atomic mass is 35.5. The zero-order valence-corrected chi connectivity index (χ0v) is 16.7. The van der Waals surface area contributed by atoms with Crippen molar-refractivity contribution in [2.24, 2.45) is 0 Å². The zero-order chi connectivity index (χ0) is 22.6. The average molecular weight is 445 g/mol. The summed E-state index contributed by atoms with van der Waals surface area (Å²) >= 11 is 5.73. The van der Waals surface area contributed by atoms with E-state index in [1.165, 1.54) is 24.3 Å². The van der Waals surface area contributed by atoms with Crippen LogP contribution >= 0.6 is 11.6 Å². The maximum Gasteiger partial charge on any atom is 0.418 e. The number of rotatable bonds is 4. The van der Waals surface area contributed by atoms with Crippen molar-refractivity contribution < 1.29 is 37.0 Å². The number of anilines is 2. The SMILES string of the molecule is COC(=O)c1cc(N(C)C(C)=O)c(C(F)(F)F)cc1NC(=O)Oc1ccc(Cl)cc1. The van der Waals surface area contributed by atoms with Gasteiger partial charge in [-0.15, -0.1) is 0 Å². The molecule has 0 aliphatic carbocycles. The predicted octanol–water partition coefficient (Wildman–Crippen LogP) is 4.74. The number of benzene rings is 2. The van der Waals surface area contributed by atoms with Crippen LogP contribution in [0.5, 0.6) is 5.75 Å². The van der Waals surface area contributed by atoms with Crippen LogP contribution in [0.4, 0.5) is 29.3 Å². The smallest absolute Gasteiger partial charge is 0.418 e. The molecule has 0 heterocycles. The van der Waals surface area contributed by atoms with Crippen LogP contribution in [0.25, 0.3) is 0 Å². The third kappa shape index (κ3) is 5.41. The molecule has 0 atom stereocenters. The number of halogens is 4. The second-order valence-electron chi connectivity index (χ2n) is 5.95. The lowest BCUT2D eigenvalue weighted by Crippen LogP contribution is -2.27. The first-order valence-electron chi connectivity index (χ1n) is 8.26. The molecule has 0 aliphatic heterocycles. The Morgan fingerprint density at radius 3 is 2.20 bits per heavy atom. The fraction of sp³-hybridized carbons (Fsp3) is 0.211. The second kappa shape index (κ2) is 9.04. The van der Waals surface area contributed by atoms with Gasteiger partial charge in [0.15, 0.2) is 0 Å². The van der Waals surface area contributed by atoms with Crippen LogP contribution in [-0.4, -0.2) is 32.1 Å². The third-order valence-electron chi connectivity index (χ3n) is 3.94. The monoisotopic (exact) mass is 444 g/mol. The van der Waals surface area contributed by atoms with Crippen molar-refractivity contribution in [1.29, 1.82) is 0 Å². The van der Waals surface area contributed by atoms with Crippen molar-refractivity contribution in [1.82, 2.24) is 0 Å². The lowest BCUT2D eigenvalue weighted by molar-refractivity contribution is -0.137. The van der Waals surface area contributed by atoms with Crippen molar-refractivity contribution in [3.8, 4) is 5.75 Å². The molecule has 2 rings (SSSR count). The minimum Gasteiger partial charge on any atom is -0.465 e. The molecule has 1 N–H and O–H groups in total. The van der Waals surface area contributed by atoms with Crippen LogP contribution in [-0.2, 0) is 15.7 Å². The highest BCUT2D eigenvalue weighted by molar-refractivity contribution is 6.30. The number of hydrogen-bond donors (Lipinski definition) is 1.